The van der Waals surface area contributed by atoms with Gasteiger partial charge in [0.25, 0.3) is 0 Å². The van der Waals surface area contributed by atoms with E-state index in [4.69, 9.17) is 9.47 Å². The van der Waals surface area contributed by atoms with Crippen molar-refractivity contribution in [2.75, 3.05) is 27.3 Å². The van der Waals surface area contributed by atoms with E-state index >= 15 is 0 Å². The van der Waals surface area contributed by atoms with Gasteiger partial charge in [-0.2, -0.15) is 0 Å². The van der Waals surface area contributed by atoms with Gasteiger partial charge in [0.05, 0.1) is 14.2 Å². The third-order valence-electron chi connectivity index (χ3n) is 8.71. The first-order valence-electron chi connectivity index (χ1n) is 16.5. The van der Waals surface area contributed by atoms with E-state index in [0.717, 1.165) is 22.2 Å². The fourth-order valence-electron chi connectivity index (χ4n) is 6.16. The predicted molar refractivity (Wildman–Crippen MR) is 200 cm³/mol. The molecular formula is C40H38N4O8. The van der Waals surface area contributed by atoms with E-state index in [9.17, 15) is 30.0 Å². The lowest BCUT2D eigenvalue weighted by molar-refractivity contribution is -0.117. The van der Waals surface area contributed by atoms with Crippen LogP contribution in [-0.4, -0.2) is 69.5 Å². The van der Waals surface area contributed by atoms with Gasteiger partial charge >= 0.3 is 0 Å². The average Bonchev–Trinajstić information content (AvgIpc) is 3.75. The molecule has 8 N–H and O–H groups in total. The molecule has 0 saturated carbocycles. The van der Waals surface area contributed by atoms with Gasteiger partial charge < -0.3 is 50.5 Å². The molecule has 0 atom stereocenters. The Bertz CT molecular complexity index is 2170. The van der Waals surface area contributed by atoms with Crippen LogP contribution in [0, 0.1) is 0 Å². The zero-order valence-corrected chi connectivity index (χ0v) is 28.5. The molecule has 0 aliphatic carbocycles. The number of hydrogen-bond donors (Lipinski definition) is 8. The first kappa shape index (κ1) is 35.0. The first-order chi connectivity index (χ1) is 25.2. The molecule has 2 aromatic heterocycles. The molecule has 12 nitrogen and oxygen atoms in total. The summed E-state index contributed by atoms with van der Waals surface area (Å²) in [5, 5.41) is 49.4. The van der Waals surface area contributed by atoms with E-state index in [1.807, 2.05) is 12.4 Å². The summed E-state index contributed by atoms with van der Waals surface area (Å²) in [6, 6.07) is 16.2. The van der Waals surface area contributed by atoms with Crippen LogP contribution in [0.25, 0.3) is 45.1 Å². The summed E-state index contributed by atoms with van der Waals surface area (Å²) < 4.78 is 10.2. The van der Waals surface area contributed by atoms with Crippen LogP contribution in [0.4, 0.5) is 0 Å². The van der Waals surface area contributed by atoms with Gasteiger partial charge in [0, 0.05) is 70.6 Å². The summed E-state index contributed by atoms with van der Waals surface area (Å²) in [4.78, 5) is 31.8. The third kappa shape index (κ3) is 7.50. The molecule has 12 heteroatoms. The van der Waals surface area contributed by atoms with Crippen LogP contribution in [0.2, 0.25) is 0 Å². The summed E-state index contributed by atoms with van der Waals surface area (Å²) in [7, 11) is 2.90. The van der Waals surface area contributed by atoms with Crippen LogP contribution in [-0.2, 0) is 22.4 Å². The summed E-state index contributed by atoms with van der Waals surface area (Å²) in [5.41, 5.74) is 5.40. The van der Waals surface area contributed by atoms with Crippen LogP contribution in [0.15, 0.2) is 85.2 Å². The van der Waals surface area contributed by atoms with Crippen LogP contribution in [0.3, 0.4) is 0 Å². The Morgan fingerprint density at radius 2 is 1.02 bits per heavy atom. The van der Waals surface area contributed by atoms with E-state index in [2.05, 4.69) is 20.6 Å². The molecule has 266 valence electrons. The molecule has 6 aromatic rings. The smallest absolute Gasteiger partial charge is 0.244 e. The molecule has 0 radical (unpaired) electrons. The topological polar surface area (TPSA) is 189 Å². The number of aromatic hydroxyl groups is 4. The van der Waals surface area contributed by atoms with Crippen LogP contribution in [0.1, 0.15) is 22.3 Å². The van der Waals surface area contributed by atoms with E-state index < -0.39 is 0 Å². The standard InChI is InChI=1S/C40H38N4O8/c1-51-33-19-23(3-9-29(33)45)5-13-35(49)41-17-15-25-21-43-27-7-11-31(47)39(37(25)27)40-32(48)12-8-28-38(40)26(22-44-28)16-18-42-36(50)14-6-24-4-10-30(46)34(20-24)52-2/h3-14,19-22,43-48H,15-18H2,1-2H3,(H,41,49)(H,42,50). The van der Waals surface area contributed by atoms with Crippen molar-refractivity contribution in [3.63, 3.8) is 0 Å². The Morgan fingerprint density at radius 1 is 0.615 bits per heavy atom. The minimum atomic E-state index is -0.308. The Morgan fingerprint density at radius 3 is 1.42 bits per heavy atom. The van der Waals surface area contributed by atoms with Crippen molar-refractivity contribution in [3.8, 4) is 45.6 Å². The highest BCUT2D eigenvalue weighted by Crippen LogP contribution is 2.46. The van der Waals surface area contributed by atoms with Gasteiger partial charge in [0.2, 0.25) is 11.8 Å². The number of fused-ring (bicyclic) bond motifs is 2. The van der Waals surface area contributed by atoms with Crippen LogP contribution in [0.5, 0.6) is 34.5 Å². The average molecular weight is 703 g/mol. The number of aromatic nitrogens is 2. The minimum Gasteiger partial charge on any atom is -0.507 e. The maximum Gasteiger partial charge on any atom is 0.244 e. The van der Waals surface area contributed by atoms with Crippen LogP contribution < -0.4 is 20.1 Å². The molecule has 6 rings (SSSR count). The molecule has 0 fully saturated rings. The fourth-order valence-corrected chi connectivity index (χ4v) is 6.16. The van der Waals surface area contributed by atoms with Gasteiger partial charge in [0.15, 0.2) is 23.0 Å². The first-order valence-corrected chi connectivity index (χ1v) is 16.5. The predicted octanol–water partition coefficient (Wildman–Crippen LogP) is 5.90. The van der Waals surface area contributed by atoms with Crippen molar-refractivity contribution >= 4 is 45.8 Å². The summed E-state index contributed by atoms with van der Waals surface area (Å²) in [6.45, 7) is 0.592. The Hall–Kier alpha value is -6.82. The van der Waals surface area contributed by atoms with Gasteiger partial charge in [-0.25, -0.2) is 0 Å². The second kappa shape index (κ2) is 15.4. The lowest BCUT2D eigenvalue weighted by Crippen LogP contribution is -2.23. The van der Waals surface area contributed by atoms with Gasteiger partial charge in [-0.1, -0.05) is 12.1 Å². The molecule has 0 aliphatic heterocycles. The van der Waals surface area contributed by atoms with Crippen molar-refractivity contribution < 1.29 is 39.5 Å². The van der Waals surface area contributed by atoms with Gasteiger partial charge in [0.1, 0.15) is 11.5 Å². The van der Waals surface area contributed by atoms with Crippen LogP contribution >= 0.6 is 0 Å². The molecule has 52 heavy (non-hydrogen) atoms. The largest absolute Gasteiger partial charge is 0.507 e. The molecule has 0 aliphatic rings. The zero-order valence-electron chi connectivity index (χ0n) is 28.5. The number of phenolic OH excluding ortho intramolecular Hbond substituents is 4. The number of amides is 2. The number of phenols is 4. The Labute approximate surface area is 298 Å². The Balaban J connectivity index is 1.19. The number of hydrogen-bond acceptors (Lipinski definition) is 8. The number of benzene rings is 4. The lowest BCUT2D eigenvalue weighted by atomic mass is 9.92. The number of methoxy groups -OCH3 is 2. The molecule has 2 heterocycles. The SMILES string of the molecule is COc1cc(C=CC(=O)NCCc2c[nH]c3ccc(O)c(-c4c(O)ccc5[nH]cc(CCNC(=O)C=Cc6ccc(O)c(OC)c6)c45)c23)ccc1O. The fraction of sp³-hybridized carbons (Fsp3) is 0.150. The lowest BCUT2D eigenvalue weighted by Gasteiger charge is -2.14. The number of carbonyl (C=O) groups excluding carboxylic acids is 2. The quantitative estimate of drug-likeness (QED) is 0.0683. The second-order valence-electron chi connectivity index (χ2n) is 12.0. The minimum absolute atomic E-state index is 0.00750. The monoisotopic (exact) mass is 702 g/mol. The van der Waals surface area contributed by atoms with E-state index in [1.165, 1.54) is 38.5 Å². The normalized spacial score (nSPS) is 11.5. The Kier molecular flexibility index (Phi) is 10.4. The molecular weight excluding hydrogens is 664 g/mol. The maximum absolute atomic E-state index is 12.6. The molecule has 0 unspecified atom stereocenters. The molecule has 0 saturated heterocycles. The molecule has 4 aromatic carbocycles. The van der Waals surface area contributed by atoms with Crippen molar-refractivity contribution in [1.29, 1.82) is 0 Å². The number of rotatable bonds is 13. The summed E-state index contributed by atoms with van der Waals surface area (Å²) >= 11 is 0. The molecule has 2 amide bonds. The van der Waals surface area contributed by atoms with Crippen molar-refractivity contribution in [2.45, 2.75) is 12.8 Å². The van der Waals surface area contributed by atoms with Gasteiger partial charge in [-0.3, -0.25) is 9.59 Å². The number of nitrogens with one attached hydrogen (secondary N) is 4. The highest BCUT2D eigenvalue weighted by Gasteiger charge is 2.22. The van der Waals surface area contributed by atoms with Crippen molar-refractivity contribution in [3.05, 3.63) is 107 Å². The molecule has 0 spiro atoms. The molecule has 0 bridgehead atoms. The second-order valence-corrected chi connectivity index (χ2v) is 12.0. The van der Waals surface area contributed by atoms with Gasteiger partial charge in [-0.15, -0.1) is 0 Å². The summed E-state index contributed by atoms with van der Waals surface area (Å²) in [5.74, 6) is -0.0403. The number of H-pyrrole nitrogens is 2. The van der Waals surface area contributed by atoms with E-state index in [1.54, 1.807) is 60.7 Å². The van der Waals surface area contributed by atoms with Crippen molar-refractivity contribution in [1.82, 2.24) is 20.6 Å². The summed E-state index contributed by atoms with van der Waals surface area (Å²) in [6.07, 6.45) is 10.5. The van der Waals surface area contributed by atoms with Gasteiger partial charge in [-0.05, 0) is 95.8 Å². The zero-order chi connectivity index (χ0) is 36.8. The highest BCUT2D eigenvalue weighted by molar-refractivity contribution is 6.10. The number of aromatic amines is 2. The highest BCUT2D eigenvalue weighted by atomic mass is 16.5. The maximum atomic E-state index is 12.6. The van der Waals surface area contributed by atoms with E-state index in [-0.39, 0.29) is 34.8 Å². The van der Waals surface area contributed by atoms with E-state index in [0.29, 0.717) is 70.5 Å². The van der Waals surface area contributed by atoms with Crippen molar-refractivity contribution in [2.24, 2.45) is 0 Å². The third-order valence-corrected chi connectivity index (χ3v) is 8.71. The number of ether oxygens (including phenoxy) is 2. The number of carbonyl (C=O) groups is 2.